The molecule has 0 bridgehead atoms. The third-order valence-corrected chi connectivity index (χ3v) is 6.72. The van der Waals surface area contributed by atoms with Crippen molar-refractivity contribution in [3.8, 4) is 0 Å². The van der Waals surface area contributed by atoms with Crippen LogP contribution in [0.1, 0.15) is 91.8 Å². The van der Waals surface area contributed by atoms with Crippen LogP contribution in [-0.2, 0) is 4.74 Å². The van der Waals surface area contributed by atoms with E-state index < -0.39 is 48.5 Å². The van der Waals surface area contributed by atoms with Crippen molar-refractivity contribution in [2.45, 2.75) is 89.1 Å². The van der Waals surface area contributed by atoms with Gasteiger partial charge in [-0.1, -0.05) is 58.3 Å². The van der Waals surface area contributed by atoms with E-state index in [4.69, 9.17) is 9.84 Å². The molecule has 0 spiro atoms. The first kappa shape index (κ1) is 31.2. The molecule has 0 aliphatic carbocycles. The van der Waals surface area contributed by atoms with E-state index >= 15 is 0 Å². The van der Waals surface area contributed by atoms with E-state index in [9.17, 15) is 28.3 Å². The first-order valence-electron chi connectivity index (χ1n) is 13.7. The van der Waals surface area contributed by atoms with E-state index in [0.29, 0.717) is 11.1 Å². The molecule has 3 rings (SSSR count). The third-order valence-electron chi connectivity index (χ3n) is 6.72. The van der Waals surface area contributed by atoms with Crippen LogP contribution in [0.25, 0.3) is 0 Å². The molecule has 0 radical (unpaired) electrons. The highest BCUT2D eigenvalue weighted by Gasteiger charge is 2.59. The number of carbonyl (C=O) groups excluding carboxylic acids is 2. The fourth-order valence-corrected chi connectivity index (χ4v) is 4.46. The largest absolute Gasteiger partial charge is 0.394 e. The number of pyridine rings is 1. The zero-order valence-corrected chi connectivity index (χ0v) is 22.5. The predicted octanol–water partition coefficient (Wildman–Crippen LogP) is 3.04. The number of aliphatic hydroxyl groups is 2. The second kappa shape index (κ2) is 14.9. The van der Waals surface area contributed by atoms with E-state index in [-0.39, 0.29) is 17.1 Å². The van der Waals surface area contributed by atoms with E-state index in [1.165, 1.54) is 56.9 Å². The van der Waals surface area contributed by atoms with Crippen LogP contribution >= 0.6 is 0 Å². The van der Waals surface area contributed by atoms with Crippen molar-refractivity contribution in [1.82, 2.24) is 19.9 Å². The molecule has 1 fully saturated rings. The molecular weight excluding hydrogens is 528 g/mol. The summed E-state index contributed by atoms with van der Waals surface area (Å²) >= 11 is 0. The fourth-order valence-electron chi connectivity index (χ4n) is 4.46. The number of halogens is 2. The standard InChI is InChI=1S/C27H37F2N5O6/c1-2-3-4-5-6-7-8-9-10-14-31-23(37)18-12-11-15-30-21(18)24(38)32-20-13-16-34(26(39)33-20)25-27(28,29)22(36)19(17-35)40-25/h11-13,15-16,19,22,25,35-36H,2-10,14,17H2,1H3,(H,31,37)(H,32,33,38,39)/t19-,22-,25-/m1/s1. The lowest BCUT2D eigenvalue weighted by Crippen LogP contribution is -2.41. The maximum atomic E-state index is 14.4. The minimum Gasteiger partial charge on any atom is -0.394 e. The van der Waals surface area contributed by atoms with Crippen molar-refractivity contribution in [3.63, 3.8) is 0 Å². The summed E-state index contributed by atoms with van der Waals surface area (Å²) in [6, 6.07) is 4.05. The molecule has 2 aromatic rings. The van der Waals surface area contributed by atoms with Crippen LogP contribution in [0.3, 0.4) is 0 Å². The quantitative estimate of drug-likeness (QED) is 0.240. The lowest BCUT2D eigenvalue weighted by molar-refractivity contribution is -0.140. The van der Waals surface area contributed by atoms with Crippen molar-refractivity contribution in [2.24, 2.45) is 0 Å². The van der Waals surface area contributed by atoms with Gasteiger partial charge in [0.05, 0.1) is 12.2 Å². The number of anilines is 1. The molecule has 40 heavy (non-hydrogen) atoms. The lowest BCUT2D eigenvalue weighted by atomic mass is 10.1. The second-order valence-corrected chi connectivity index (χ2v) is 9.77. The Hall–Kier alpha value is -3.29. The Morgan fingerprint density at radius 2 is 1.75 bits per heavy atom. The minimum absolute atomic E-state index is 0.0345. The molecule has 1 aliphatic rings. The summed E-state index contributed by atoms with van der Waals surface area (Å²) in [6.45, 7) is 1.77. The number of amides is 2. The number of nitrogens with zero attached hydrogens (tertiary/aromatic N) is 3. The monoisotopic (exact) mass is 565 g/mol. The van der Waals surface area contributed by atoms with Gasteiger partial charge in [0, 0.05) is 18.9 Å². The molecule has 0 aromatic carbocycles. The van der Waals surface area contributed by atoms with Crippen molar-refractivity contribution >= 4 is 17.6 Å². The average molecular weight is 566 g/mol. The number of carbonyl (C=O) groups is 2. The number of ether oxygens (including phenoxy) is 1. The van der Waals surface area contributed by atoms with Gasteiger partial charge in [-0.15, -0.1) is 0 Å². The van der Waals surface area contributed by atoms with Crippen molar-refractivity contribution in [1.29, 1.82) is 0 Å². The molecule has 220 valence electrons. The van der Waals surface area contributed by atoms with E-state index in [0.717, 1.165) is 31.5 Å². The second-order valence-electron chi connectivity index (χ2n) is 9.77. The molecule has 1 aliphatic heterocycles. The number of aromatic nitrogens is 3. The fraction of sp³-hybridized carbons (Fsp3) is 0.593. The first-order valence-corrected chi connectivity index (χ1v) is 13.7. The molecule has 2 amide bonds. The Balaban J connectivity index is 1.55. The normalized spacial score (nSPS) is 19.9. The van der Waals surface area contributed by atoms with Gasteiger partial charge >= 0.3 is 11.6 Å². The van der Waals surface area contributed by atoms with Crippen molar-refractivity contribution in [2.75, 3.05) is 18.5 Å². The predicted molar refractivity (Wildman–Crippen MR) is 142 cm³/mol. The number of hydrogen-bond acceptors (Lipinski definition) is 8. The van der Waals surface area contributed by atoms with Crippen LogP contribution in [0.2, 0.25) is 0 Å². The van der Waals surface area contributed by atoms with Gasteiger partial charge in [-0.25, -0.2) is 4.79 Å². The molecule has 3 atom stereocenters. The Labute approximate surface area is 231 Å². The Morgan fingerprint density at radius 3 is 2.38 bits per heavy atom. The number of hydrogen-bond donors (Lipinski definition) is 4. The van der Waals surface area contributed by atoms with Crippen LogP contribution in [0.5, 0.6) is 0 Å². The van der Waals surface area contributed by atoms with E-state index in [1.807, 2.05) is 0 Å². The van der Waals surface area contributed by atoms with Gasteiger partial charge in [-0.05, 0) is 24.6 Å². The lowest BCUT2D eigenvalue weighted by Gasteiger charge is -2.21. The van der Waals surface area contributed by atoms with Gasteiger partial charge in [0.15, 0.2) is 6.10 Å². The third kappa shape index (κ3) is 7.89. The summed E-state index contributed by atoms with van der Waals surface area (Å²) in [4.78, 5) is 45.6. The molecule has 3 heterocycles. The summed E-state index contributed by atoms with van der Waals surface area (Å²) in [5.74, 6) is -5.43. The molecular formula is C27H37F2N5O6. The molecule has 2 aromatic heterocycles. The van der Waals surface area contributed by atoms with E-state index in [1.54, 1.807) is 0 Å². The number of rotatable bonds is 15. The van der Waals surface area contributed by atoms with Crippen LogP contribution in [-0.4, -0.2) is 67.8 Å². The van der Waals surface area contributed by atoms with Crippen LogP contribution in [0.15, 0.2) is 35.4 Å². The smallest absolute Gasteiger partial charge is 0.351 e. The van der Waals surface area contributed by atoms with Gasteiger partial charge in [0.2, 0.25) is 6.23 Å². The number of nitrogens with one attached hydrogen (secondary N) is 2. The highest BCUT2D eigenvalue weighted by molar-refractivity contribution is 6.10. The number of unbranched alkanes of at least 4 members (excludes halogenated alkanes) is 8. The zero-order valence-electron chi connectivity index (χ0n) is 22.5. The van der Waals surface area contributed by atoms with Crippen molar-refractivity contribution < 1.29 is 33.3 Å². The minimum atomic E-state index is -3.87. The summed E-state index contributed by atoms with van der Waals surface area (Å²) in [5, 5.41) is 24.0. The summed E-state index contributed by atoms with van der Waals surface area (Å²) in [7, 11) is 0. The molecule has 13 heteroatoms. The summed E-state index contributed by atoms with van der Waals surface area (Å²) in [5.41, 5.74) is -1.35. The van der Waals surface area contributed by atoms with Crippen LogP contribution in [0.4, 0.5) is 14.6 Å². The van der Waals surface area contributed by atoms with Crippen LogP contribution < -0.4 is 16.3 Å². The summed E-state index contributed by atoms with van der Waals surface area (Å²) in [6.07, 6.45) is 6.48. The maximum absolute atomic E-state index is 14.4. The SMILES string of the molecule is CCCCCCCCCCCNC(=O)c1cccnc1C(=O)Nc1ccn([C@@H]2O[C@H](CO)[C@@H](O)C2(F)F)c(=O)n1. The van der Waals surface area contributed by atoms with Gasteiger partial charge in [-0.3, -0.25) is 19.1 Å². The van der Waals surface area contributed by atoms with Gasteiger partial charge in [0.25, 0.3) is 11.8 Å². The van der Waals surface area contributed by atoms with Gasteiger partial charge in [-0.2, -0.15) is 13.8 Å². The van der Waals surface area contributed by atoms with Crippen LogP contribution in [0, 0.1) is 0 Å². The molecule has 1 saturated heterocycles. The Kier molecular flexibility index (Phi) is 11.6. The Morgan fingerprint density at radius 1 is 1.07 bits per heavy atom. The molecule has 0 unspecified atom stereocenters. The first-order chi connectivity index (χ1) is 19.2. The highest BCUT2D eigenvalue weighted by Crippen LogP contribution is 2.42. The van der Waals surface area contributed by atoms with Gasteiger partial charge < -0.3 is 25.6 Å². The average Bonchev–Trinajstić information content (AvgIpc) is 3.17. The van der Waals surface area contributed by atoms with Crippen molar-refractivity contribution in [3.05, 3.63) is 52.3 Å². The Bertz CT molecular complexity index is 1190. The maximum Gasteiger partial charge on any atom is 0.351 e. The summed E-state index contributed by atoms with van der Waals surface area (Å²) < 4.78 is 34.2. The molecule has 4 N–H and O–H groups in total. The molecule has 0 saturated carbocycles. The topological polar surface area (TPSA) is 156 Å². The van der Waals surface area contributed by atoms with E-state index in [2.05, 4.69) is 27.5 Å². The number of aliphatic hydroxyl groups excluding tert-OH is 2. The zero-order chi connectivity index (χ0) is 29.1. The van der Waals surface area contributed by atoms with Gasteiger partial charge in [0.1, 0.15) is 17.6 Å². The highest BCUT2D eigenvalue weighted by atomic mass is 19.3. The number of alkyl halides is 2. The molecule has 11 nitrogen and oxygen atoms in total.